The molecule has 1 unspecified atom stereocenters. The number of rotatable bonds is 3. The van der Waals surface area contributed by atoms with Gasteiger partial charge in [0.25, 0.3) is 0 Å². The highest BCUT2D eigenvalue weighted by Crippen LogP contribution is 2.25. The first-order valence-corrected chi connectivity index (χ1v) is 4.96. The fourth-order valence-corrected chi connectivity index (χ4v) is 1.64. The number of benzene rings is 1. The monoisotopic (exact) mass is 260 g/mol. The molecule has 4 heteroatoms. The molecule has 0 aliphatic carbocycles. The van der Waals surface area contributed by atoms with Crippen LogP contribution in [-0.2, 0) is 4.79 Å². The van der Waals surface area contributed by atoms with Crippen LogP contribution in [0.15, 0.2) is 22.7 Å². The van der Waals surface area contributed by atoms with Crippen molar-refractivity contribution in [3.05, 3.63) is 34.1 Å². The molecule has 0 radical (unpaired) electrons. The molecule has 0 aliphatic rings. The van der Waals surface area contributed by atoms with Crippen LogP contribution >= 0.6 is 15.9 Å². The lowest BCUT2D eigenvalue weighted by Crippen LogP contribution is -2.04. The first-order valence-electron chi connectivity index (χ1n) is 4.17. The number of carbonyl (C=O) groups is 1. The van der Waals surface area contributed by atoms with Crippen LogP contribution in [0, 0.1) is 5.82 Å². The van der Waals surface area contributed by atoms with E-state index in [4.69, 9.17) is 5.11 Å². The molecule has 0 bridgehead atoms. The number of aliphatic carboxylic acids is 1. The lowest BCUT2D eigenvalue weighted by atomic mass is 9.97. The summed E-state index contributed by atoms with van der Waals surface area (Å²) >= 11 is 3.22. The van der Waals surface area contributed by atoms with Gasteiger partial charge in [-0.1, -0.05) is 22.9 Å². The minimum atomic E-state index is -0.920. The van der Waals surface area contributed by atoms with Crippen LogP contribution in [0.3, 0.4) is 0 Å². The van der Waals surface area contributed by atoms with E-state index < -0.39 is 5.97 Å². The Hall–Kier alpha value is -0.900. The molecule has 1 aromatic rings. The molecule has 2 nitrogen and oxygen atoms in total. The number of halogens is 2. The van der Waals surface area contributed by atoms with E-state index in [9.17, 15) is 9.18 Å². The van der Waals surface area contributed by atoms with Gasteiger partial charge in [0, 0.05) is 4.47 Å². The van der Waals surface area contributed by atoms with Gasteiger partial charge in [0.2, 0.25) is 0 Å². The maximum Gasteiger partial charge on any atom is 0.303 e. The molecule has 0 saturated carbocycles. The molecule has 0 spiro atoms. The zero-order valence-corrected chi connectivity index (χ0v) is 9.21. The smallest absolute Gasteiger partial charge is 0.303 e. The van der Waals surface area contributed by atoms with Gasteiger partial charge < -0.3 is 5.11 Å². The van der Waals surface area contributed by atoms with Gasteiger partial charge in [-0.15, -0.1) is 0 Å². The molecule has 0 aliphatic heterocycles. The molecule has 1 aromatic carbocycles. The molecule has 14 heavy (non-hydrogen) atoms. The summed E-state index contributed by atoms with van der Waals surface area (Å²) < 4.78 is 14.0. The maximum atomic E-state index is 13.3. The van der Waals surface area contributed by atoms with Crippen molar-refractivity contribution >= 4 is 21.9 Å². The Morgan fingerprint density at radius 2 is 2.29 bits per heavy atom. The largest absolute Gasteiger partial charge is 0.481 e. The van der Waals surface area contributed by atoms with E-state index in [1.54, 1.807) is 19.1 Å². The predicted octanol–water partition coefficient (Wildman–Crippen LogP) is 3.17. The van der Waals surface area contributed by atoms with Crippen molar-refractivity contribution in [3.63, 3.8) is 0 Å². The third kappa shape index (κ3) is 2.80. The molecule has 0 aromatic heterocycles. The number of hydrogen-bond acceptors (Lipinski definition) is 1. The molecule has 0 saturated heterocycles. The Kier molecular flexibility index (Phi) is 3.63. The number of hydrogen-bond donors (Lipinski definition) is 1. The van der Waals surface area contributed by atoms with Crippen LogP contribution in [0.5, 0.6) is 0 Å². The first-order chi connectivity index (χ1) is 6.50. The van der Waals surface area contributed by atoms with Crippen LogP contribution in [0.25, 0.3) is 0 Å². The average Bonchev–Trinajstić information content (AvgIpc) is 2.08. The van der Waals surface area contributed by atoms with Crippen molar-refractivity contribution in [1.29, 1.82) is 0 Å². The van der Waals surface area contributed by atoms with E-state index in [0.29, 0.717) is 5.56 Å². The topological polar surface area (TPSA) is 37.3 Å². The van der Waals surface area contributed by atoms with Crippen molar-refractivity contribution in [3.8, 4) is 0 Å². The van der Waals surface area contributed by atoms with Crippen LogP contribution in [0.4, 0.5) is 4.39 Å². The van der Waals surface area contributed by atoms with E-state index in [0.717, 1.165) is 4.47 Å². The molecule has 0 fully saturated rings. The van der Waals surface area contributed by atoms with E-state index >= 15 is 0 Å². The summed E-state index contributed by atoms with van der Waals surface area (Å²) in [5.74, 6) is -1.59. The highest BCUT2D eigenvalue weighted by molar-refractivity contribution is 9.10. The SMILES string of the molecule is CC(CC(=O)O)c1cc(Br)ccc1F. The summed E-state index contributed by atoms with van der Waals surface area (Å²) in [6, 6.07) is 4.53. The molecule has 1 N–H and O–H groups in total. The van der Waals surface area contributed by atoms with Crippen LogP contribution in [0.2, 0.25) is 0 Å². The lowest BCUT2D eigenvalue weighted by Gasteiger charge is -2.10. The Balaban J connectivity index is 2.93. The zero-order valence-electron chi connectivity index (χ0n) is 7.63. The van der Waals surface area contributed by atoms with Crippen LogP contribution in [0.1, 0.15) is 24.8 Å². The highest BCUT2D eigenvalue weighted by atomic mass is 79.9. The minimum absolute atomic E-state index is 0.0621. The van der Waals surface area contributed by atoms with E-state index in [-0.39, 0.29) is 18.2 Å². The predicted molar refractivity (Wildman–Crippen MR) is 54.8 cm³/mol. The number of carboxylic acid groups (broad SMARTS) is 1. The zero-order chi connectivity index (χ0) is 10.7. The van der Waals surface area contributed by atoms with Gasteiger partial charge in [-0.05, 0) is 29.7 Å². The molecule has 1 atom stereocenters. The second-order valence-corrected chi connectivity index (χ2v) is 4.08. The fourth-order valence-electron chi connectivity index (χ4n) is 1.26. The molecule has 1 rings (SSSR count). The van der Waals surface area contributed by atoms with Crippen molar-refractivity contribution in [1.82, 2.24) is 0 Å². The summed E-state index contributed by atoms with van der Waals surface area (Å²) in [5, 5.41) is 8.57. The maximum absolute atomic E-state index is 13.3. The van der Waals surface area contributed by atoms with Crippen molar-refractivity contribution < 1.29 is 14.3 Å². The van der Waals surface area contributed by atoms with Gasteiger partial charge in [0.1, 0.15) is 5.82 Å². The summed E-state index contributed by atoms with van der Waals surface area (Å²) in [6.07, 6.45) is -0.0621. The Bertz CT molecular complexity index is 352. The Morgan fingerprint density at radius 3 is 2.86 bits per heavy atom. The molecule has 76 valence electrons. The second kappa shape index (κ2) is 4.55. The van der Waals surface area contributed by atoms with Gasteiger partial charge in [0.05, 0.1) is 6.42 Å². The van der Waals surface area contributed by atoms with Crippen molar-refractivity contribution in [2.24, 2.45) is 0 Å². The van der Waals surface area contributed by atoms with E-state index in [2.05, 4.69) is 15.9 Å². The third-order valence-corrected chi connectivity index (χ3v) is 2.46. The van der Waals surface area contributed by atoms with Gasteiger partial charge in [-0.3, -0.25) is 4.79 Å². The standard InChI is InChI=1S/C10H10BrFO2/c1-6(4-10(13)14)8-5-7(11)2-3-9(8)12/h2-3,5-6H,4H2,1H3,(H,13,14). The van der Waals surface area contributed by atoms with Crippen molar-refractivity contribution in [2.75, 3.05) is 0 Å². The van der Waals surface area contributed by atoms with Gasteiger partial charge >= 0.3 is 5.97 Å². The summed E-state index contributed by atoms with van der Waals surface area (Å²) in [4.78, 5) is 10.4. The highest BCUT2D eigenvalue weighted by Gasteiger charge is 2.14. The van der Waals surface area contributed by atoms with E-state index in [1.807, 2.05) is 0 Å². The number of carboxylic acids is 1. The van der Waals surface area contributed by atoms with Crippen LogP contribution < -0.4 is 0 Å². The van der Waals surface area contributed by atoms with E-state index in [1.165, 1.54) is 6.07 Å². The first kappa shape index (κ1) is 11.2. The van der Waals surface area contributed by atoms with Gasteiger partial charge in [-0.25, -0.2) is 4.39 Å². The molecule has 0 amide bonds. The lowest BCUT2D eigenvalue weighted by molar-refractivity contribution is -0.137. The Morgan fingerprint density at radius 1 is 1.64 bits per heavy atom. The minimum Gasteiger partial charge on any atom is -0.481 e. The quantitative estimate of drug-likeness (QED) is 0.907. The third-order valence-electron chi connectivity index (χ3n) is 1.97. The fraction of sp³-hybridized carbons (Fsp3) is 0.300. The molecule has 0 heterocycles. The second-order valence-electron chi connectivity index (χ2n) is 3.16. The summed E-state index contributed by atoms with van der Waals surface area (Å²) in [6.45, 7) is 1.69. The average molecular weight is 261 g/mol. The Labute approximate surface area is 89.9 Å². The summed E-state index contributed by atoms with van der Waals surface area (Å²) in [5.41, 5.74) is 0.432. The summed E-state index contributed by atoms with van der Waals surface area (Å²) in [7, 11) is 0. The normalized spacial score (nSPS) is 12.5. The molecular formula is C10H10BrFO2. The van der Waals surface area contributed by atoms with Gasteiger partial charge in [-0.2, -0.15) is 0 Å². The van der Waals surface area contributed by atoms with Crippen molar-refractivity contribution in [2.45, 2.75) is 19.3 Å². The van der Waals surface area contributed by atoms with Gasteiger partial charge in [0.15, 0.2) is 0 Å². The van der Waals surface area contributed by atoms with Crippen LogP contribution in [-0.4, -0.2) is 11.1 Å². The molecular weight excluding hydrogens is 251 g/mol.